The highest BCUT2D eigenvalue weighted by molar-refractivity contribution is 7.17. The van der Waals surface area contributed by atoms with Gasteiger partial charge in [-0.3, -0.25) is 0 Å². The molecule has 7 nitrogen and oxygen atoms in total. The fourth-order valence-corrected chi connectivity index (χ4v) is 4.82. The fraction of sp³-hybridized carbons (Fsp3) is 0.435. The highest BCUT2D eigenvalue weighted by Gasteiger charge is 2.28. The van der Waals surface area contributed by atoms with Crippen molar-refractivity contribution >= 4 is 45.1 Å². The van der Waals surface area contributed by atoms with Crippen molar-refractivity contribution in [1.29, 1.82) is 0 Å². The summed E-state index contributed by atoms with van der Waals surface area (Å²) >= 11 is 7.81. The second-order valence-electron chi connectivity index (χ2n) is 8.56. The number of aromatic nitrogens is 2. The Labute approximate surface area is 196 Å². The van der Waals surface area contributed by atoms with E-state index in [4.69, 9.17) is 21.1 Å². The van der Waals surface area contributed by atoms with Gasteiger partial charge in [0.1, 0.15) is 22.0 Å². The first kappa shape index (κ1) is 22.6. The summed E-state index contributed by atoms with van der Waals surface area (Å²) in [5.74, 6) is 1.64. The average Bonchev–Trinajstić information content (AvgIpc) is 3.16. The summed E-state index contributed by atoms with van der Waals surface area (Å²) in [7, 11) is 0. The van der Waals surface area contributed by atoms with Gasteiger partial charge in [0.25, 0.3) is 0 Å². The zero-order valence-electron chi connectivity index (χ0n) is 18.7. The number of nitrogens with zero attached hydrogens (tertiary/aromatic N) is 4. The van der Waals surface area contributed by atoms with Crippen molar-refractivity contribution in [2.45, 2.75) is 33.3 Å². The smallest absolute Gasteiger partial charge is 0.410 e. The number of anilines is 1. The molecule has 1 aliphatic heterocycles. The summed E-state index contributed by atoms with van der Waals surface area (Å²) < 4.78 is 11.1. The number of carbonyl (C=O) groups is 1. The maximum Gasteiger partial charge on any atom is 0.410 e. The second kappa shape index (κ2) is 9.11. The zero-order chi connectivity index (χ0) is 22.9. The molecule has 0 N–H and O–H groups in total. The Morgan fingerprint density at radius 1 is 1.12 bits per heavy atom. The van der Waals surface area contributed by atoms with Gasteiger partial charge in [-0.15, -0.1) is 11.3 Å². The van der Waals surface area contributed by atoms with Crippen molar-refractivity contribution in [3.63, 3.8) is 0 Å². The van der Waals surface area contributed by atoms with Gasteiger partial charge in [-0.25, -0.2) is 9.78 Å². The number of amides is 1. The number of hydrogen-bond acceptors (Lipinski definition) is 7. The maximum atomic E-state index is 12.4. The molecule has 170 valence electrons. The van der Waals surface area contributed by atoms with E-state index in [9.17, 15) is 4.79 Å². The molecule has 4 rings (SSSR count). The van der Waals surface area contributed by atoms with E-state index in [1.807, 2.05) is 52.0 Å². The molecule has 0 saturated carbocycles. The van der Waals surface area contributed by atoms with Gasteiger partial charge in [0.05, 0.1) is 12.0 Å². The molecule has 3 heterocycles. The summed E-state index contributed by atoms with van der Waals surface area (Å²) in [6, 6.07) is 8.04. The number of fused-ring (bicyclic) bond motifs is 1. The standard InChI is InChI=1S/C23H27ClN4O3S/c1-5-30-16-8-6-15(7-9-16)17-14-32-20-18(17)19(25-21(24)26-20)27-10-12-28(13-11-27)22(29)31-23(2,3)4/h6-9,14H,5,10-13H2,1-4H3. The molecule has 0 atom stereocenters. The minimum Gasteiger partial charge on any atom is -0.494 e. The minimum absolute atomic E-state index is 0.224. The lowest BCUT2D eigenvalue weighted by atomic mass is 10.1. The number of rotatable bonds is 4. The van der Waals surface area contributed by atoms with Crippen molar-refractivity contribution in [3.05, 3.63) is 34.9 Å². The second-order valence-corrected chi connectivity index (χ2v) is 9.75. The van der Waals surface area contributed by atoms with E-state index in [0.29, 0.717) is 32.8 Å². The van der Waals surface area contributed by atoms with E-state index in [1.54, 1.807) is 16.2 Å². The van der Waals surface area contributed by atoms with Crippen LogP contribution < -0.4 is 9.64 Å². The van der Waals surface area contributed by atoms with Crippen molar-refractivity contribution in [3.8, 4) is 16.9 Å². The number of halogens is 1. The fourth-order valence-electron chi connectivity index (χ4n) is 3.66. The topological polar surface area (TPSA) is 67.8 Å². The highest BCUT2D eigenvalue weighted by Crippen LogP contribution is 2.39. The van der Waals surface area contributed by atoms with Crippen LogP contribution in [0.25, 0.3) is 21.3 Å². The first-order chi connectivity index (χ1) is 15.2. The molecule has 0 radical (unpaired) electrons. The van der Waals surface area contributed by atoms with Gasteiger partial charge in [0.2, 0.25) is 5.28 Å². The Morgan fingerprint density at radius 2 is 1.81 bits per heavy atom. The van der Waals surface area contributed by atoms with Crippen molar-refractivity contribution in [2.24, 2.45) is 0 Å². The summed E-state index contributed by atoms with van der Waals surface area (Å²) in [6.45, 7) is 10.6. The molecule has 1 aliphatic rings. The van der Waals surface area contributed by atoms with Crippen molar-refractivity contribution in [1.82, 2.24) is 14.9 Å². The Bertz CT molecular complexity index is 1100. The molecule has 0 aliphatic carbocycles. The van der Waals surface area contributed by atoms with Crippen LogP contribution in [0, 0.1) is 0 Å². The Kier molecular flexibility index (Phi) is 6.44. The van der Waals surface area contributed by atoms with Crippen LogP contribution in [0.3, 0.4) is 0 Å². The first-order valence-electron chi connectivity index (χ1n) is 10.7. The third-order valence-corrected chi connectivity index (χ3v) is 6.14. The monoisotopic (exact) mass is 474 g/mol. The minimum atomic E-state index is -0.510. The van der Waals surface area contributed by atoms with Gasteiger partial charge >= 0.3 is 6.09 Å². The first-order valence-corrected chi connectivity index (χ1v) is 11.9. The van der Waals surface area contributed by atoms with Crippen LogP contribution in [-0.2, 0) is 4.74 Å². The molecule has 1 fully saturated rings. The Hall–Kier alpha value is -2.58. The van der Waals surface area contributed by atoms with Crippen LogP contribution in [0.4, 0.5) is 10.6 Å². The van der Waals surface area contributed by atoms with Crippen LogP contribution in [0.2, 0.25) is 5.28 Å². The molecule has 32 heavy (non-hydrogen) atoms. The van der Waals surface area contributed by atoms with E-state index in [0.717, 1.165) is 32.9 Å². The van der Waals surface area contributed by atoms with Gasteiger partial charge in [-0.2, -0.15) is 4.98 Å². The van der Waals surface area contributed by atoms with Gasteiger partial charge in [0.15, 0.2) is 0 Å². The number of piperazine rings is 1. The summed E-state index contributed by atoms with van der Waals surface area (Å²) in [6.07, 6.45) is -0.284. The van der Waals surface area contributed by atoms with E-state index >= 15 is 0 Å². The molecular weight excluding hydrogens is 448 g/mol. The van der Waals surface area contributed by atoms with E-state index in [-0.39, 0.29) is 11.4 Å². The van der Waals surface area contributed by atoms with Crippen LogP contribution in [0.15, 0.2) is 29.6 Å². The molecule has 3 aromatic rings. The lowest BCUT2D eigenvalue weighted by Gasteiger charge is -2.36. The number of benzene rings is 1. The lowest BCUT2D eigenvalue weighted by molar-refractivity contribution is 0.0240. The van der Waals surface area contributed by atoms with Crippen molar-refractivity contribution < 1.29 is 14.3 Å². The van der Waals surface area contributed by atoms with Gasteiger partial charge in [0, 0.05) is 37.1 Å². The van der Waals surface area contributed by atoms with Gasteiger partial charge in [-0.1, -0.05) is 12.1 Å². The maximum absolute atomic E-state index is 12.4. The van der Waals surface area contributed by atoms with Crippen LogP contribution in [-0.4, -0.2) is 59.3 Å². The van der Waals surface area contributed by atoms with Crippen LogP contribution >= 0.6 is 22.9 Å². The molecule has 9 heteroatoms. The Balaban J connectivity index is 1.61. The molecule has 1 saturated heterocycles. The van der Waals surface area contributed by atoms with E-state index < -0.39 is 5.60 Å². The lowest BCUT2D eigenvalue weighted by Crippen LogP contribution is -2.50. The van der Waals surface area contributed by atoms with E-state index in [2.05, 4.69) is 20.2 Å². The molecular formula is C23H27ClN4O3S. The molecule has 1 amide bonds. The zero-order valence-corrected chi connectivity index (χ0v) is 20.3. The number of thiophene rings is 1. The predicted octanol–water partition coefficient (Wildman–Crippen LogP) is 5.47. The Morgan fingerprint density at radius 3 is 2.44 bits per heavy atom. The SMILES string of the molecule is CCOc1ccc(-c2csc3nc(Cl)nc(N4CCN(C(=O)OC(C)(C)C)CC4)c23)cc1. The summed E-state index contributed by atoms with van der Waals surface area (Å²) in [5, 5.41) is 3.29. The molecule has 0 spiro atoms. The van der Waals surface area contributed by atoms with E-state index in [1.165, 1.54) is 0 Å². The number of ether oxygens (including phenoxy) is 2. The predicted molar refractivity (Wildman–Crippen MR) is 129 cm³/mol. The van der Waals surface area contributed by atoms with Gasteiger partial charge in [-0.05, 0) is 57.0 Å². The third kappa shape index (κ3) is 4.91. The quantitative estimate of drug-likeness (QED) is 0.467. The highest BCUT2D eigenvalue weighted by atomic mass is 35.5. The van der Waals surface area contributed by atoms with Crippen LogP contribution in [0.5, 0.6) is 5.75 Å². The van der Waals surface area contributed by atoms with Gasteiger partial charge < -0.3 is 19.3 Å². The molecule has 0 unspecified atom stereocenters. The average molecular weight is 475 g/mol. The molecule has 2 aromatic heterocycles. The molecule has 1 aromatic carbocycles. The third-order valence-electron chi connectivity index (χ3n) is 5.09. The largest absolute Gasteiger partial charge is 0.494 e. The summed E-state index contributed by atoms with van der Waals surface area (Å²) in [4.78, 5) is 26.2. The normalized spacial score (nSPS) is 14.7. The number of carbonyl (C=O) groups excluding carboxylic acids is 1. The number of hydrogen-bond donors (Lipinski definition) is 0. The van der Waals surface area contributed by atoms with Crippen molar-refractivity contribution in [2.75, 3.05) is 37.7 Å². The summed E-state index contributed by atoms with van der Waals surface area (Å²) in [5.41, 5.74) is 1.62. The van der Waals surface area contributed by atoms with Crippen LogP contribution in [0.1, 0.15) is 27.7 Å². The molecule has 0 bridgehead atoms.